The van der Waals surface area contributed by atoms with Gasteiger partial charge in [0.15, 0.2) is 0 Å². The standard InChI is InChI=1S/C20H24N4/c1-16-10-23(14-19(12-21)6-7-19)17-4-2-3-5-18(17)24(11-16)15-20(13-22)8-9-20/h2-5,16H,6-11,14-15H2,1H3. The van der Waals surface area contributed by atoms with Gasteiger partial charge < -0.3 is 9.80 Å². The molecule has 0 atom stereocenters. The maximum atomic E-state index is 9.49. The second-order valence-electron chi connectivity index (χ2n) is 8.14. The molecule has 2 fully saturated rings. The van der Waals surface area contributed by atoms with E-state index in [1.807, 2.05) is 0 Å². The van der Waals surface area contributed by atoms with Crippen LogP contribution in [0.5, 0.6) is 0 Å². The van der Waals surface area contributed by atoms with Gasteiger partial charge >= 0.3 is 0 Å². The molecule has 0 N–H and O–H groups in total. The summed E-state index contributed by atoms with van der Waals surface area (Å²) in [4.78, 5) is 4.84. The van der Waals surface area contributed by atoms with E-state index in [2.05, 4.69) is 53.1 Å². The predicted molar refractivity (Wildman–Crippen MR) is 94.6 cm³/mol. The largest absolute Gasteiger partial charge is 0.368 e. The van der Waals surface area contributed by atoms with E-state index in [0.717, 1.165) is 51.9 Å². The Labute approximate surface area is 144 Å². The highest BCUT2D eigenvalue weighted by molar-refractivity contribution is 5.72. The number of fused-ring (bicyclic) bond motifs is 1. The van der Waals surface area contributed by atoms with Gasteiger partial charge in [0.1, 0.15) is 0 Å². The molecule has 1 aromatic carbocycles. The van der Waals surface area contributed by atoms with E-state index < -0.39 is 0 Å². The van der Waals surface area contributed by atoms with Crippen molar-refractivity contribution < 1.29 is 0 Å². The minimum atomic E-state index is -0.133. The highest BCUT2D eigenvalue weighted by atomic mass is 15.2. The Morgan fingerprint density at radius 3 is 1.67 bits per heavy atom. The Hall–Kier alpha value is -2.20. The Morgan fingerprint density at radius 1 is 0.917 bits per heavy atom. The molecule has 0 bridgehead atoms. The second kappa shape index (κ2) is 5.42. The first-order valence-corrected chi connectivity index (χ1v) is 9.00. The van der Waals surface area contributed by atoms with Gasteiger partial charge in [-0.1, -0.05) is 19.1 Å². The van der Waals surface area contributed by atoms with Crippen molar-refractivity contribution in [1.29, 1.82) is 10.5 Å². The molecule has 1 heterocycles. The Bertz CT molecular complexity index is 657. The van der Waals surface area contributed by atoms with Crippen molar-refractivity contribution in [3.8, 4) is 12.1 Å². The second-order valence-corrected chi connectivity index (χ2v) is 8.14. The molecule has 0 unspecified atom stereocenters. The van der Waals surface area contributed by atoms with Crippen LogP contribution in [0.25, 0.3) is 0 Å². The summed E-state index contributed by atoms with van der Waals surface area (Å²) in [6.07, 6.45) is 4.10. The van der Waals surface area contributed by atoms with E-state index in [0.29, 0.717) is 5.92 Å². The average molecular weight is 320 g/mol. The van der Waals surface area contributed by atoms with Gasteiger partial charge in [0.05, 0.1) is 34.3 Å². The van der Waals surface area contributed by atoms with Crippen LogP contribution < -0.4 is 9.80 Å². The van der Waals surface area contributed by atoms with E-state index in [-0.39, 0.29) is 10.8 Å². The van der Waals surface area contributed by atoms with Crippen molar-refractivity contribution in [3.05, 3.63) is 24.3 Å². The van der Waals surface area contributed by atoms with Gasteiger partial charge in [-0.25, -0.2) is 0 Å². The highest BCUT2D eigenvalue weighted by Gasteiger charge is 2.47. The first-order chi connectivity index (χ1) is 11.6. The molecule has 4 heteroatoms. The van der Waals surface area contributed by atoms with Crippen LogP contribution in [0.1, 0.15) is 32.6 Å². The van der Waals surface area contributed by atoms with Gasteiger partial charge in [-0.05, 0) is 43.7 Å². The summed E-state index contributed by atoms with van der Waals surface area (Å²) < 4.78 is 0. The van der Waals surface area contributed by atoms with Crippen LogP contribution in [-0.4, -0.2) is 26.2 Å². The summed E-state index contributed by atoms with van der Waals surface area (Å²) in [5.41, 5.74) is 2.20. The van der Waals surface area contributed by atoms with Gasteiger partial charge in [-0.3, -0.25) is 0 Å². The van der Waals surface area contributed by atoms with E-state index in [4.69, 9.17) is 0 Å². The molecule has 0 saturated heterocycles. The maximum absolute atomic E-state index is 9.49. The molecule has 0 spiro atoms. The molecule has 4 rings (SSSR count). The van der Waals surface area contributed by atoms with Gasteiger partial charge in [0.2, 0.25) is 0 Å². The minimum Gasteiger partial charge on any atom is -0.368 e. The van der Waals surface area contributed by atoms with Crippen LogP contribution in [0, 0.1) is 39.4 Å². The summed E-state index contributed by atoms with van der Waals surface area (Å²) in [5.74, 6) is 0.515. The van der Waals surface area contributed by atoms with E-state index in [9.17, 15) is 10.5 Å². The maximum Gasteiger partial charge on any atom is 0.0749 e. The number of nitrogens with zero attached hydrogens (tertiary/aromatic N) is 4. The fourth-order valence-corrected chi connectivity index (χ4v) is 3.95. The van der Waals surface area contributed by atoms with E-state index >= 15 is 0 Å². The third-order valence-electron chi connectivity index (χ3n) is 5.80. The van der Waals surface area contributed by atoms with Gasteiger partial charge in [-0.2, -0.15) is 10.5 Å². The van der Waals surface area contributed by atoms with Crippen molar-refractivity contribution in [2.24, 2.45) is 16.7 Å². The quantitative estimate of drug-likeness (QED) is 0.851. The number of anilines is 2. The molecular weight excluding hydrogens is 296 g/mol. The lowest BCUT2D eigenvalue weighted by molar-refractivity contribution is 0.514. The van der Waals surface area contributed by atoms with Crippen LogP contribution in [0.4, 0.5) is 11.4 Å². The summed E-state index contributed by atoms with van der Waals surface area (Å²) >= 11 is 0. The van der Waals surface area contributed by atoms with Crippen molar-refractivity contribution in [1.82, 2.24) is 0 Å². The number of para-hydroxylation sites is 2. The molecule has 0 aromatic heterocycles. The summed E-state index contributed by atoms with van der Waals surface area (Å²) in [5, 5.41) is 19.0. The van der Waals surface area contributed by atoms with Crippen LogP contribution in [0.3, 0.4) is 0 Å². The molecule has 24 heavy (non-hydrogen) atoms. The fraction of sp³-hybridized carbons (Fsp3) is 0.600. The van der Waals surface area contributed by atoms with E-state index in [1.165, 1.54) is 11.4 Å². The van der Waals surface area contributed by atoms with Gasteiger partial charge in [0.25, 0.3) is 0 Å². The molecule has 1 aliphatic heterocycles. The normalized spacial score (nSPS) is 23.6. The smallest absolute Gasteiger partial charge is 0.0749 e. The monoisotopic (exact) mass is 320 g/mol. The number of rotatable bonds is 4. The topological polar surface area (TPSA) is 54.1 Å². The molecule has 0 radical (unpaired) electrons. The van der Waals surface area contributed by atoms with Gasteiger partial charge in [0, 0.05) is 26.2 Å². The first kappa shape index (κ1) is 15.3. The number of nitriles is 2. The Morgan fingerprint density at radius 2 is 1.33 bits per heavy atom. The SMILES string of the molecule is CC1CN(CC2(C#N)CC2)c2ccccc2N(CC2(C#N)CC2)C1. The average Bonchev–Trinajstić information content (AvgIpc) is 3.50. The van der Waals surface area contributed by atoms with Crippen molar-refractivity contribution in [2.75, 3.05) is 36.0 Å². The van der Waals surface area contributed by atoms with Crippen LogP contribution >= 0.6 is 0 Å². The predicted octanol–water partition coefficient (Wildman–Crippen LogP) is 3.56. The number of hydrogen-bond donors (Lipinski definition) is 0. The zero-order valence-electron chi connectivity index (χ0n) is 14.3. The van der Waals surface area contributed by atoms with Crippen molar-refractivity contribution >= 4 is 11.4 Å². The molecule has 2 aliphatic carbocycles. The highest BCUT2D eigenvalue weighted by Crippen LogP contribution is 2.49. The lowest BCUT2D eigenvalue weighted by Crippen LogP contribution is -2.35. The summed E-state index contributed by atoms with van der Waals surface area (Å²) in [6.45, 7) is 5.92. The van der Waals surface area contributed by atoms with Crippen LogP contribution in [0.15, 0.2) is 24.3 Å². The lowest BCUT2D eigenvalue weighted by Gasteiger charge is -2.29. The Balaban J connectivity index is 1.65. The first-order valence-electron chi connectivity index (χ1n) is 9.00. The van der Waals surface area contributed by atoms with Crippen LogP contribution in [-0.2, 0) is 0 Å². The van der Waals surface area contributed by atoms with Crippen LogP contribution in [0.2, 0.25) is 0 Å². The Kier molecular flexibility index (Phi) is 3.46. The minimum absolute atomic E-state index is 0.133. The molecule has 124 valence electrons. The molecule has 0 amide bonds. The third-order valence-corrected chi connectivity index (χ3v) is 5.80. The van der Waals surface area contributed by atoms with Crippen molar-refractivity contribution in [3.63, 3.8) is 0 Å². The fourth-order valence-electron chi connectivity index (χ4n) is 3.95. The molecule has 3 aliphatic rings. The molecule has 4 nitrogen and oxygen atoms in total. The third kappa shape index (κ3) is 2.71. The molecule has 1 aromatic rings. The summed E-state index contributed by atoms with van der Waals surface area (Å²) in [7, 11) is 0. The zero-order valence-corrected chi connectivity index (χ0v) is 14.3. The number of hydrogen-bond acceptors (Lipinski definition) is 4. The summed E-state index contributed by atoms with van der Waals surface area (Å²) in [6, 6.07) is 13.6. The zero-order chi connectivity index (χ0) is 16.8. The molecule has 2 saturated carbocycles. The van der Waals surface area contributed by atoms with Crippen molar-refractivity contribution in [2.45, 2.75) is 32.6 Å². The van der Waals surface area contributed by atoms with E-state index in [1.54, 1.807) is 0 Å². The van der Waals surface area contributed by atoms with Gasteiger partial charge in [-0.15, -0.1) is 0 Å². The molecular formula is C20H24N4. The number of benzene rings is 1. The lowest BCUT2D eigenvalue weighted by atomic mass is 10.1.